The molecule has 0 bridgehead atoms. The summed E-state index contributed by atoms with van der Waals surface area (Å²) in [6.07, 6.45) is -1.49. The number of aryl methyl sites for hydroxylation is 1. The summed E-state index contributed by atoms with van der Waals surface area (Å²) in [4.78, 5) is 19.2. The Morgan fingerprint density at radius 3 is 2.82 bits per heavy atom. The third kappa shape index (κ3) is 2.27. The SMILES string of the molecule is Cc1c[nH]c2nc(=S)n(C3OC(CO)C(O)C3O)cc2c1=O. The van der Waals surface area contributed by atoms with Crippen LogP contribution in [0.2, 0.25) is 0 Å². The molecule has 0 aromatic carbocycles. The molecule has 1 aliphatic rings. The third-order valence-electron chi connectivity index (χ3n) is 3.77. The third-order valence-corrected chi connectivity index (χ3v) is 4.07. The maximum atomic E-state index is 12.2. The van der Waals surface area contributed by atoms with Gasteiger partial charge >= 0.3 is 0 Å². The summed E-state index contributed by atoms with van der Waals surface area (Å²) in [6, 6.07) is 0. The molecule has 8 nitrogen and oxygen atoms in total. The van der Waals surface area contributed by atoms with Gasteiger partial charge in [-0.25, -0.2) is 4.98 Å². The minimum atomic E-state index is -1.29. The first-order valence-corrected chi connectivity index (χ1v) is 7.08. The molecule has 4 unspecified atom stereocenters. The number of hydrogen-bond donors (Lipinski definition) is 4. The minimum absolute atomic E-state index is 0.0850. The summed E-state index contributed by atoms with van der Waals surface area (Å²) in [5.74, 6) is 0. The van der Waals surface area contributed by atoms with E-state index in [2.05, 4.69) is 9.97 Å². The summed E-state index contributed by atoms with van der Waals surface area (Å²) in [6.45, 7) is 1.22. The Labute approximate surface area is 129 Å². The lowest BCUT2D eigenvalue weighted by molar-refractivity contribution is -0.0538. The highest BCUT2D eigenvalue weighted by atomic mass is 32.1. The van der Waals surface area contributed by atoms with E-state index in [0.29, 0.717) is 16.6 Å². The number of aliphatic hydroxyl groups excluding tert-OH is 3. The second-order valence-electron chi connectivity index (χ2n) is 5.22. The fourth-order valence-electron chi connectivity index (χ4n) is 2.49. The zero-order valence-corrected chi connectivity index (χ0v) is 12.4. The van der Waals surface area contributed by atoms with Crippen LogP contribution in [0.1, 0.15) is 11.8 Å². The maximum absolute atomic E-state index is 12.2. The van der Waals surface area contributed by atoms with Gasteiger partial charge in [-0.3, -0.25) is 9.36 Å². The highest BCUT2D eigenvalue weighted by Gasteiger charge is 2.43. The number of hydrogen-bond acceptors (Lipinski definition) is 7. The first-order chi connectivity index (χ1) is 10.4. The van der Waals surface area contributed by atoms with Crippen LogP contribution >= 0.6 is 12.2 Å². The monoisotopic (exact) mass is 325 g/mol. The summed E-state index contributed by atoms with van der Waals surface area (Å²) < 4.78 is 6.82. The molecule has 2 aromatic rings. The molecule has 2 aromatic heterocycles. The zero-order chi connectivity index (χ0) is 16.0. The molecule has 0 spiro atoms. The van der Waals surface area contributed by atoms with Gasteiger partial charge in [0.2, 0.25) is 4.77 Å². The molecular formula is C13H15N3O5S. The lowest BCUT2D eigenvalue weighted by atomic mass is 10.1. The lowest BCUT2D eigenvalue weighted by Crippen LogP contribution is -2.33. The van der Waals surface area contributed by atoms with Gasteiger partial charge in [-0.1, -0.05) is 0 Å². The number of aromatic nitrogens is 3. The standard InChI is InChI=1S/C13H15N3O5S/c1-5-2-14-11-6(8(5)18)3-16(13(22)15-11)12-10(20)9(19)7(4-17)21-12/h2-3,7,9-10,12,17,19-20H,4H2,1H3,(H,14,15,22). The van der Waals surface area contributed by atoms with E-state index in [1.807, 2.05) is 0 Å². The van der Waals surface area contributed by atoms with Crippen molar-refractivity contribution in [1.29, 1.82) is 0 Å². The van der Waals surface area contributed by atoms with Gasteiger partial charge in [0.1, 0.15) is 24.0 Å². The number of H-pyrrole nitrogens is 1. The van der Waals surface area contributed by atoms with Crippen molar-refractivity contribution in [3.05, 3.63) is 33.0 Å². The van der Waals surface area contributed by atoms with Crippen molar-refractivity contribution in [1.82, 2.24) is 14.5 Å². The van der Waals surface area contributed by atoms with Crippen molar-refractivity contribution in [2.45, 2.75) is 31.5 Å². The number of aliphatic hydroxyl groups is 3. The van der Waals surface area contributed by atoms with E-state index in [1.54, 1.807) is 13.1 Å². The van der Waals surface area contributed by atoms with Gasteiger partial charge in [-0.15, -0.1) is 0 Å². The molecule has 0 saturated carbocycles. The average Bonchev–Trinajstić information content (AvgIpc) is 2.79. The van der Waals surface area contributed by atoms with Crippen LogP contribution in [0.3, 0.4) is 0 Å². The molecule has 0 aliphatic carbocycles. The molecule has 22 heavy (non-hydrogen) atoms. The number of nitrogens with one attached hydrogen (secondary N) is 1. The van der Waals surface area contributed by atoms with Crippen LogP contribution in [0.5, 0.6) is 0 Å². The van der Waals surface area contributed by atoms with Gasteiger partial charge < -0.3 is 25.0 Å². The Balaban J connectivity index is 2.16. The summed E-state index contributed by atoms with van der Waals surface area (Å²) in [7, 11) is 0. The number of nitrogens with zero attached hydrogens (tertiary/aromatic N) is 2. The van der Waals surface area contributed by atoms with Crippen molar-refractivity contribution in [3.63, 3.8) is 0 Å². The predicted octanol–water partition coefficient (Wildman–Crippen LogP) is -0.626. The predicted molar refractivity (Wildman–Crippen MR) is 78.9 cm³/mol. The molecule has 1 aliphatic heterocycles. The van der Waals surface area contributed by atoms with E-state index in [4.69, 9.17) is 22.1 Å². The quantitative estimate of drug-likeness (QED) is 0.543. The zero-order valence-electron chi connectivity index (χ0n) is 11.6. The summed E-state index contributed by atoms with van der Waals surface area (Å²) >= 11 is 5.15. The van der Waals surface area contributed by atoms with Gasteiger partial charge in [0.15, 0.2) is 11.7 Å². The molecule has 1 fully saturated rings. The Kier molecular flexibility index (Phi) is 3.83. The average molecular weight is 325 g/mol. The second-order valence-corrected chi connectivity index (χ2v) is 5.59. The van der Waals surface area contributed by atoms with Gasteiger partial charge in [0, 0.05) is 18.0 Å². The molecule has 1 saturated heterocycles. The fourth-order valence-corrected chi connectivity index (χ4v) is 2.74. The summed E-state index contributed by atoms with van der Waals surface area (Å²) in [5.41, 5.74) is 0.638. The van der Waals surface area contributed by atoms with Crippen molar-refractivity contribution in [2.24, 2.45) is 0 Å². The van der Waals surface area contributed by atoms with E-state index >= 15 is 0 Å². The van der Waals surface area contributed by atoms with E-state index < -0.39 is 31.1 Å². The molecule has 118 valence electrons. The molecule has 3 rings (SSSR count). The van der Waals surface area contributed by atoms with Crippen LogP contribution in [-0.2, 0) is 4.74 Å². The lowest BCUT2D eigenvalue weighted by Gasteiger charge is -2.18. The van der Waals surface area contributed by atoms with Crippen LogP contribution < -0.4 is 5.43 Å². The molecule has 0 amide bonds. The first kappa shape index (κ1) is 15.3. The van der Waals surface area contributed by atoms with Crippen LogP contribution in [0.25, 0.3) is 11.0 Å². The highest BCUT2D eigenvalue weighted by molar-refractivity contribution is 7.71. The van der Waals surface area contributed by atoms with Gasteiger partial charge in [-0.05, 0) is 19.1 Å². The van der Waals surface area contributed by atoms with Gasteiger partial charge in [0.25, 0.3) is 0 Å². The van der Waals surface area contributed by atoms with Crippen LogP contribution in [0, 0.1) is 11.7 Å². The number of aromatic amines is 1. The van der Waals surface area contributed by atoms with Crippen LogP contribution in [0.15, 0.2) is 17.2 Å². The Hall–Kier alpha value is -1.65. The second kappa shape index (κ2) is 5.52. The smallest absolute Gasteiger partial charge is 0.203 e. The van der Waals surface area contributed by atoms with Gasteiger partial charge in [-0.2, -0.15) is 0 Å². The molecule has 4 atom stereocenters. The van der Waals surface area contributed by atoms with Crippen molar-refractivity contribution >= 4 is 23.3 Å². The Bertz CT molecular complexity index is 833. The van der Waals surface area contributed by atoms with E-state index in [9.17, 15) is 15.0 Å². The van der Waals surface area contributed by atoms with Crippen molar-refractivity contribution in [2.75, 3.05) is 6.61 Å². The Morgan fingerprint density at radius 2 is 2.18 bits per heavy atom. The van der Waals surface area contributed by atoms with Crippen LogP contribution in [0.4, 0.5) is 0 Å². The molecule has 3 heterocycles. The number of rotatable bonds is 2. The first-order valence-electron chi connectivity index (χ1n) is 6.67. The molecule has 0 radical (unpaired) electrons. The maximum Gasteiger partial charge on any atom is 0.203 e. The topological polar surface area (TPSA) is 121 Å². The summed E-state index contributed by atoms with van der Waals surface area (Å²) in [5, 5.41) is 29.3. The van der Waals surface area contributed by atoms with Gasteiger partial charge in [0.05, 0.1) is 12.0 Å². The molecular weight excluding hydrogens is 310 g/mol. The van der Waals surface area contributed by atoms with E-state index in [0.717, 1.165) is 0 Å². The minimum Gasteiger partial charge on any atom is -0.394 e. The van der Waals surface area contributed by atoms with E-state index in [-0.39, 0.29) is 10.2 Å². The Morgan fingerprint density at radius 1 is 1.45 bits per heavy atom. The van der Waals surface area contributed by atoms with Crippen LogP contribution in [-0.4, -0.2) is 54.8 Å². The number of ether oxygens (including phenoxy) is 1. The molecule has 4 N–H and O–H groups in total. The fraction of sp³-hybridized carbons (Fsp3) is 0.462. The number of fused-ring (bicyclic) bond motifs is 1. The molecule has 9 heteroatoms. The largest absolute Gasteiger partial charge is 0.394 e. The van der Waals surface area contributed by atoms with Crippen molar-refractivity contribution in [3.8, 4) is 0 Å². The highest BCUT2D eigenvalue weighted by Crippen LogP contribution is 2.29. The number of pyridine rings is 1. The van der Waals surface area contributed by atoms with E-state index in [1.165, 1.54) is 10.8 Å². The van der Waals surface area contributed by atoms with Crippen molar-refractivity contribution < 1.29 is 20.1 Å². The normalized spacial score (nSPS) is 28.4.